The molecule has 1 atom stereocenters. The predicted octanol–water partition coefficient (Wildman–Crippen LogP) is 3.24. The molecule has 2 aromatic rings. The molecule has 27 heavy (non-hydrogen) atoms. The highest BCUT2D eigenvalue weighted by Gasteiger charge is 2.24. The number of benzene rings is 1. The van der Waals surface area contributed by atoms with E-state index in [2.05, 4.69) is 15.0 Å². The van der Waals surface area contributed by atoms with Gasteiger partial charge in [-0.15, -0.1) is 0 Å². The summed E-state index contributed by atoms with van der Waals surface area (Å²) in [6.07, 6.45) is 8.85. The van der Waals surface area contributed by atoms with Crippen LogP contribution in [-0.4, -0.2) is 41.7 Å². The van der Waals surface area contributed by atoms with Crippen LogP contribution >= 0.6 is 0 Å². The molecule has 0 bridgehead atoms. The van der Waals surface area contributed by atoms with Gasteiger partial charge in [0.15, 0.2) is 6.23 Å². The van der Waals surface area contributed by atoms with Gasteiger partial charge in [0.2, 0.25) is 0 Å². The van der Waals surface area contributed by atoms with Crippen molar-refractivity contribution < 1.29 is 13.9 Å². The molecular formula is C20H21FN4O2. The second kappa shape index (κ2) is 7.94. The molecule has 0 amide bonds. The average molecular weight is 368 g/mol. The van der Waals surface area contributed by atoms with Gasteiger partial charge in [-0.05, 0) is 30.5 Å². The van der Waals surface area contributed by atoms with Crippen molar-refractivity contribution >= 4 is 17.6 Å². The maximum absolute atomic E-state index is 14.8. The minimum Gasteiger partial charge on any atom is -0.382 e. The zero-order chi connectivity index (χ0) is 18.6. The van der Waals surface area contributed by atoms with E-state index in [1.54, 1.807) is 6.07 Å². The van der Waals surface area contributed by atoms with E-state index in [9.17, 15) is 4.39 Å². The Hall–Kier alpha value is -2.64. The molecule has 2 aliphatic heterocycles. The molecule has 1 saturated heterocycles. The zero-order valence-electron chi connectivity index (χ0n) is 14.8. The summed E-state index contributed by atoms with van der Waals surface area (Å²) in [6.45, 7) is 1.40. The van der Waals surface area contributed by atoms with E-state index in [0.717, 1.165) is 24.0 Å². The van der Waals surface area contributed by atoms with Crippen LogP contribution in [-0.2, 0) is 9.47 Å². The molecule has 1 fully saturated rings. The predicted molar refractivity (Wildman–Crippen MR) is 102 cm³/mol. The van der Waals surface area contributed by atoms with E-state index in [1.165, 1.54) is 18.5 Å². The maximum Gasteiger partial charge on any atom is 0.174 e. The Kier molecular flexibility index (Phi) is 5.22. The van der Waals surface area contributed by atoms with Crippen molar-refractivity contribution in [1.29, 1.82) is 0 Å². The highest BCUT2D eigenvalue weighted by molar-refractivity contribution is 5.78. The molecule has 0 spiro atoms. The van der Waals surface area contributed by atoms with Crippen LogP contribution in [0.1, 0.15) is 24.8 Å². The van der Waals surface area contributed by atoms with Crippen LogP contribution < -0.4 is 5.73 Å². The summed E-state index contributed by atoms with van der Waals surface area (Å²) in [5, 5.41) is 0. The molecule has 6 nitrogen and oxygen atoms in total. The fourth-order valence-electron chi connectivity index (χ4n) is 3.26. The Morgan fingerprint density at radius 2 is 2.00 bits per heavy atom. The lowest BCUT2D eigenvalue weighted by atomic mass is 9.99. The number of rotatable bonds is 4. The molecule has 1 aromatic carbocycles. The summed E-state index contributed by atoms with van der Waals surface area (Å²) in [4.78, 5) is 12.6. The zero-order valence-corrected chi connectivity index (χ0v) is 14.8. The van der Waals surface area contributed by atoms with E-state index in [0.29, 0.717) is 36.7 Å². The monoisotopic (exact) mass is 368 g/mol. The Morgan fingerprint density at radius 3 is 2.74 bits per heavy atom. The highest BCUT2D eigenvalue weighted by Crippen LogP contribution is 2.30. The number of anilines is 1. The van der Waals surface area contributed by atoms with E-state index < -0.39 is 6.23 Å². The van der Waals surface area contributed by atoms with Crippen molar-refractivity contribution in [3.63, 3.8) is 0 Å². The molecule has 1 aromatic heterocycles. The lowest BCUT2D eigenvalue weighted by Crippen LogP contribution is -2.29. The molecule has 1 unspecified atom stereocenters. The highest BCUT2D eigenvalue weighted by atomic mass is 19.1. The number of nitrogen functional groups attached to an aromatic ring is 1. The summed E-state index contributed by atoms with van der Waals surface area (Å²) in [6, 6.07) is 5.07. The minimum absolute atomic E-state index is 0.108. The molecule has 7 heteroatoms. The quantitative estimate of drug-likeness (QED) is 0.896. The van der Waals surface area contributed by atoms with Gasteiger partial charge in [-0.1, -0.05) is 12.1 Å². The van der Waals surface area contributed by atoms with Crippen LogP contribution in [0.15, 0.2) is 41.7 Å². The summed E-state index contributed by atoms with van der Waals surface area (Å²) in [7, 11) is 0. The van der Waals surface area contributed by atoms with E-state index >= 15 is 0 Å². The van der Waals surface area contributed by atoms with Gasteiger partial charge in [0.25, 0.3) is 0 Å². The van der Waals surface area contributed by atoms with Crippen molar-refractivity contribution in [2.45, 2.75) is 31.6 Å². The second-order valence-electron chi connectivity index (χ2n) is 6.55. The van der Waals surface area contributed by atoms with Crippen molar-refractivity contribution in [2.75, 3.05) is 18.9 Å². The number of allylic oxidation sites excluding steroid dienone is 1. The topological polar surface area (TPSA) is 82.6 Å². The van der Waals surface area contributed by atoms with E-state index in [4.69, 9.17) is 15.2 Å². The van der Waals surface area contributed by atoms with E-state index in [1.807, 2.05) is 18.4 Å². The number of hydrogen-bond donors (Lipinski definition) is 1. The summed E-state index contributed by atoms with van der Waals surface area (Å²) >= 11 is 0. The molecule has 4 rings (SSSR count). The Bertz CT molecular complexity index is 861. The van der Waals surface area contributed by atoms with Gasteiger partial charge >= 0.3 is 0 Å². The smallest absolute Gasteiger partial charge is 0.174 e. The number of nitrogens with zero attached hydrogens (tertiary/aromatic N) is 3. The first-order chi connectivity index (χ1) is 13.2. The fourth-order valence-corrected chi connectivity index (χ4v) is 3.26. The van der Waals surface area contributed by atoms with Crippen molar-refractivity contribution in [3.05, 3.63) is 48.0 Å². The second-order valence-corrected chi connectivity index (χ2v) is 6.55. The van der Waals surface area contributed by atoms with Gasteiger partial charge in [-0.3, -0.25) is 9.98 Å². The standard InChI is InChI=1S/C20H21FN4O2/c21-17-10-13(3-4-16(17)18-11-25-19(22)12-24-18)15-2-1-7-23-20(15)27-14-5-8-26-9-6-14/h2-4,7,10-12,14,20H,1,5-6,8-9H2,(H2,22,25). The normalized spacial score (nSPS) is 20.5. The van der Waals surface area contributed by atoms with Gasteiger partial charge in [0.1, 0.15) is 11.6 Å². The summed E-state index contributed by atoms with van der Waals surface area (Å²) in [5.41, 5.74) is 8.02. The van der Waals surface area contributed by atoms with Crippen LogP contribution in [0.25, 0.3) is 16.8 Å². The molecule has 2 N–H and O–H groups in total. The van der Waals surface area contributed by atoms with Crippen LogP contribution in [0.5, 0.6) is 0 Å². The third kappa shape index (κ3) is 4.04. The molecule has 0 saturated carbocycles. The number of ether oxygens (including phenoxy) is 2. The molecule has 140 valence electrons. The van der Waals surface area contributed by atoms with Crippen LogP contribution in [0.4, 0.5) is 10.2 Å². The first-order valence-corrected chi connectivity index (χ1v) is 9.03. The first-order valence-electron chi connectivity index (χ1n) is 9.03. The number of dihydropyridines is 1. The third-order valence-corrected chi connectivity index (χ3v) is 4.69. The molecule has 0 aliphatic carbocycles. The van der Waals surface area contributed by atoms with Gasteiger partial charge in [0.05, 0.1) is 24.2 Å². The lowest BCUT2D eigenvalue weighted by molar-refractivity contribution is -0.0479. The molecule has 3 heterocycles. The van der Waals surface area contributed by atoms with Crippen LogP contribution in [0.3, 0.4) is 0 Å². The van der Waals surface area contributed by atoms with Crippen molar-refractivity contribution in [3.8, 4) is 11.3 Å². The Labute approximate surface area is 157 Å². The average Bonchev–Trinajstić information content (AvgIpc) is 2.70. The largest absolute Gasteiger partial charge is 0.382 e. The lowest BCUT2D eigenvalue weighted by Gasteiger charge is -2.28. The third-order valence-electron chi connectivity index (χ3n) is 4.69. The Balaban J connectivity index is 1.56. The fraction of sp³-hybridized carbons (Fsp3) is 0.350. The number of hydrogen-bond acceptors (Lipinski definition) is 6. The molecule has 2 aliphatic rings. The molecular weight excluding hydrogens is 347 g/mol. The van der Waals surface area contributed by atoms with Crippen molar-refractivity contribution in [2.24, 2.45) is 4.99 Å². The number of nitrogens with two attached hydrogens (primary N) is 1. The number of halogens is 1. The summed E-state index contributed by atoms with van der Waals surface area (Å²) < 4.78 is 26.3. The van der Waals surface area contributed by atoms with E-state index in [-0.39, 0.29) is 11.9 Å². The van der Waals surface area contributed by atoms with Crippen LogP contribution in [0.2, 0.25) is 0 Å². The summed E-state index contributed by atoms with van der Waals surface area (Å²) in [5.74, 6) is -0.0686. The number of aliphatic imine (C=N–C) groups is 1. The van der Waals surface area contributed by atoms with Gasteiger partial charge in [0, 0.05) is 37.0 Å². The van der Waals surface area contributed by atoms with Gasteiger partial charge in [-0.25, -0.2) is 9.37 Å². The number of aromatic nitrogens is 2. The minimum atomic E-state index is -0.414. The SMILES string of the molecule is Nc1cnc(-c2ccc(C3=CCC=NC3OC3CCOCC3)cc2F)cn1. The van der Waals surface area contributed by atoms with Gasteiger partial charge < -0.3 is 15.2 Å². The van der Waals surface area contributed by atoms with Gasteiger partial charge in [-0.2, -0.15) is 0 Å². The first kappa shape index (κ1) is 17.8. The van der Waals surface area contributed by atoms with Crippen LogP contribution in [0, 0.1) is 5.82 Å². The maximum atomic E-state index is 14.8. The van der Waals surface area contributed by atoms with Crippen molar-refractivity contribution in [1.82, 2.24) is 9.97 Å². The Morgan fingerprint density at radius 1 is 1.15 bits per heavy atom. The molecule has 0 radical (unpaired) electrons.